The van der Waals surface area contributed by atoms with Gasteiger partial charge in [0, 0.05) is 57.0 Å². The Bertz CT molecular complexity index is 678. The molecule has 3 aliphatic carbocycles. The number of carbonyl (C=O) groups excluding carboxylic acids is 2. The van der Waals surface area contributed by atoms with Crippen LogP contribution >= 0.6 is 0 Å². The van der Waals surface area contributed by atoms with Gasteiger partial charge in [0.1, 0.15) is 5.78 Å². The summed E-state index contributed by atoms with van der Waals surface area (Å²) in [5, 5.41) is 0. The number of likely N-dealkylation sites (tertiary alicyclic amines) is 1. The lowest BCUT2D eigenvalue weighted by Gasteiger charge is -2.55. The number of carbonyl (C=O) groups is 2. The van der Waals surface area contributed by atoms with Gasteiger partial charge in [0.2, 0.25) is 17.5 Å². The maximum Gasteiger partial charge on any atom is 0.239 e. The first-order chi connectivity index (χ1) is 14.9. The second-order valence-electron chi connectivity index (χ2n) is 11.0. The Morgan fingerprint density at radius 3 is 2.32 bits per heavy atom. The summed E-state index contributed by atoms with van der Waals surface area (Å²) in [5.74, 6) is 1.10. The average molecular weight is 436 g/mol. The van der Waals surface area contributed by atoms with Gasteiger partial charge < -0.3 is 4.90 Å². The number of ketones is 1. The van der Waals surface area contributed by atoms with Gasteiger partial charge in [-0.3, -0.25) is 9.59 Å². The summed E-state index contributed by atoms with van der Waals surface area (Å²) in [4.78, 5) is 50.1. The molecule has 0 N–H and O–H groups in total. The molecule has 2 aliphatic heterocycles. The van der Waals surface area contributed by atoms with Crippen LogP contribution in [0.5, 0.6) is 0 Å². The molecule has 4 atom stereocenters. The smallest absolute Gasteiger partial charge is 0.239 e. The van der Waals surface area contributed by atoms with Crippen molar-refractivity contribution in [3.63, 3.8) is 0 Å². The van der Waals surface area contributed by atoms with Crippen LogP contribution in [0, 0.1) is 29.6 Å². The van der Waals surface area contributed by atoms with Gasteiger partial charge in [0.25, 0.3) is 0 Å². The fraction of sp³-hybridized carbons (Fsp3) is 0.917. The summed E-state index contributed by atoms with van der Waals surface area (Å²) in [6.07, 6.45) is 9.15. The van der Waals surface area contributed by atoms with Crippen LogP contribution in [-0.2, 0) is 29.1 Å². The third-order valence-corrected chi connectivity index (χ3v) is 8.63. The number of rotatable bonds is 2. The van der Waals surface area contributed by atoms with Gasteiger partial charge in [-0.15, -0.1) is 0 Å². The van der Waals surface area contributed by atoms with Gasteiger partial charge in [0.15, 0.2) is 0 Å². The molecule has 2 bridgehead atoms. The van der Waals surface area contributed by atoms with Crippen LogP contribution in [0.15, 0.2) is 0 Å². The van der Waals surface area contributed by atoms with Crippen molar-refractivity contribution in [2.24, 2.45) is 29.6 Å². The zero-order valence-electron chi connectivity index (χ0n) is 19.0. The minimum absolute atomic E-state index is 0.169. The predicted octanol–water partition coefficient (Wildman–Crippen LogP) is 4.15. The van der Waals surface area contributed by atoms with Crippen molar-refractivity contribution in [3.8, 4) is 0 Å². The van der Waals surface area contributed by atoms with Crippen molar-refractivity contribution in [1.29, 1.82) is 0 Å². The fourth-order valence-corrected chi connectivity index (χ4v) is 6.81. The standard InChI is InChI=1S/C24H37NO6/c1-16-11-19-13-17(2)24(20(12-16)14-19)30-28-23(29-31-24)7-3-18(4-8-23)15-22(27)25-9-5-21(26)6-10-25/h16-20H,3-15H2,1-2H3. The summed E-state index contributed by atoms with van der Waals surface area (Å²) >= 11 is 0. The van der Waals surface area contributed by atoms with Crippen LogP contribution in [0.2, 0.25) is 0 Å². The molecule has 5 fully saturated rings. The van der Waals surface area contributed by atoms with E-state index in [2.05, 4.69) is 13.8 Å². The minimum Gasteiger partial charge on any atom is -0.342 e. The lowest BCUT2D eigenvalue weighted by Crippen LogP contribution is -2.61. The second-order valence-corrected chi connectivity index (χ2v) is 11.0. The van der Waals surface area contributed by atoms with Crippen LogP contribution in [-0.4, -0.2) is 41.3 Å². The average Bonchev–Trinajstić information content (AvgIpc) is 2.75. The van der Waals surface area contributed by atoms with E-state index in [1.165, 1.54) is 6.42 Å². The van der Waals surface area contributed by atoms with E-state index in [1.54, 1.807) is 0 Å². The number of amides is 1. The van der Waals surface area contributed by atoms with E-state index in [0.717, 1.165) is 38.0 Å². The van der Waals surface area contributed by atoms with E-state index in [-0.39, 0.29) is 17.6 Å². The number of fused-ring (bicyclic) bond motifs is 3. The lowest BCUT2D eigenvalue weighted by molar-refractivity contribution is -0.677. The van der Waals surface area contributed by atoms with E-state index >= 15 is 0 Å². The maximum absolute atomic E-state index is 12.6. The SMILES string of the molecule is CC1CC2CC(C)C3(OOC4(CCC(CC(=O)N5CCC(=O)CC5)CC4)OO3)C(C1)C2. The number of piperidine rings is 1. The molecule has 1 amide bonds. The molecule has 0 aromatic carbocycles. The first-order valence-electron chi connectivity index (χ1n) is 12.4. The Morgan fingerprint density at radius 1 is 0.968 bits per heavy atom. The molecule has 0 aromatic heterocycles. The molecule has 174 valence electrons. The molecule has 7 nitrogen and oxygen atoms in total. The first kappa shape index (κ1) is 21.8. The summed E-state index contributed by atoms with van der Waals surface area (Å²) in [7, 11) is 0. The summed E-state index contributed by atoms with van der Waals surface area (Å²) in [6, 6.07) is 0. The highest BCUT2D eigenvalue weighted by atomic mass is 17.4. The molecular formula is C24H37NO6. The first-order valence-corrected chi connectivity index (χ1v) is 12.4. The van der Waals surface area contributed by atoms with Crippen molar-refractivity contribution in [2.75, 3.05) is 13.1 Å². The molecule has 2 heterocycles. The van der Waals surface area contributed by atoms with Gasteiger partial charge >= 0.3 is 0 Å². The van der Waals surface area contributed by atoms with E-state index in [4.69, 9.17) is 19.6 Å². The minimum atomic E-state index is -0.848. The highest BCUT2D eigenvalue weighted by Crippen LogP contribution is 2.55. The second kappa shape index (κ2) is 8.40. The molecule has 5 aliphatic rings. The van der Waals surface area contributed by atoms with E-state index < -0.39 is 11.6 Å². The maximum atomic E-state index is 12.6. The lowest BCUT2D eigenvalue weighted by atomic mass is 9.62. The van der Waals surface area contributed by atoms with Gasteiger partial charge in [-0.25, -0.2) is 0 Å². The van der Waals surface area contributed by atoms with E-state index in [9.17, 15) is 9.59 Å². The Hall–Kier alpha value is -1.02. The van der Waals surface area contributed by atoms with Crippen LogP contribution in [0.3, 0.4) is 0 Å². The molecule has 0 aromatic rings. The van der Waals surface area contributed by atoms with Crippen molar-refractivity contribution < 1.29 is 29.1 Å². The van der Waals surface area contributed by atoms with Gasteiger partial charge in [-0.1, -0.05) is 13.8 Å². The number of Topliss-reactive ketones (excluding diaryl/α,β-unsaturated/α-hetero) is 1. The van der Waals surface area contributed by atoms with Gasteiger partial charge in [-0.2, -0.15) is 19.6 Å². The number of nitrogens with zero attached hydrogens (tertiary/aromatic N) is 1. The molecule has 3 saturated carbocycles. The van der Waals surface area contributed by atoms with Crippen LogP contribution in [0.1, 0.15) is 84.5 Å². The largest absolute Gasteiger partial charge is 0.342 e. The highest BCUT2D eigenvalue weighted by molar-refractivity contribution is 5.83. The predicted molar refractivity (Wildman–Crippen MR) is 111 cm³/mol. The molecular weight excluding hydrogens is 398 g/mol. The molecule has 7 heteroatoms. The quantitative estimate of drug-likeness (QED) is 0.607. The van der Waals surface area contributed by atoms with Crippen LogP contribution in [0.4, 0.5) is 0 Å². The molecule has 2 spiro atoms. The number of hydrogen-bond acceptors (Lipinski definition) is 6. The van der Waals surface area contributed by atoms with E-state index in [1.807, 2.05) is 4.90 Å². The zero-order chi connectivity index (χ0) is 21.6. The Kier molecular flexibility index (Phi) is 5.91. The third-order valence-electron chi connectivity index (χ3n) is 8.63. The monoisotopic (exact) mass is 435 g/mol. The van der Waals surface area contributed by atoms with Gasteiger partial charge in [0.05, 0.1) is 0 Å². The van der Waals surface area contributed by atoms with Crippen molar-refractivity contribution in [2.45, 2.75) is 96.1 Å². The Labute approximate surface area is 184 Å². The van der Waals surface area contributed by atoms with E-state index in [0.29, 0.717) is 62.9 Å². The van der Waals surface area contributed by atoms with Crippen LogP contribution < -0.4 is 0 Å². The summed E-state index contributed by atoms with van der Waals surface area (Å²) in [5.41, 5.74) is 0. The number of hydrogen-bond donors (Lipinski definition) is 0. The summed E-state index contributed by atoms with van der Waals surface area (Å²) < 4.78 is 0. The summed E-state index contributed by atoms with van der Waals surface area (Å²) in [6.45, 7) is 5.65. The zero-order valence-corrected chi connectivity index (χ0v) is 19.0. The fourth-order valence-electron chi connectivity index (χ4n) is 6.81. The highest BCUT2D eigenvalue weighted by Gasteiger charge is 2.60. The van der Waals surface area contributed by atoms with Crippen molar-refractivity contribution in [1.82, 2.24) is 4.90 Å². The molecule has 4 unspecified atom stereocenters. The Balaban J connectivity index is 1.14. The molecule has 2 saturated heterocycles. The molecule has 5 rings (SSSR count). The normalized spacial score (nSPS) is 45.8. The van der Waals surface area contributed by atoms with Crippen LogP contribution in [0.25, 0.3) is 0 Å². The molecule has 31 heavy (non-hydrogen) atoms. The Morgan fingerprint density at radius 2 is 1.65 bits per heavy atom. The van der Waals surface area contributed by atoms with Gasteiger partial charge in [-0.05, 0) is 56.3 Å². The van der Waals surface area contributed by atoms with Crippen molar-refractivity contribution >= 4 is 11.7 Å². The third kappa shape index (κ3) is 4.19. The van der Waals surface area contributed by atoms with Crippen molar-refractivity contribution in [3.05, 3.63) is 0 Å². The molecule has 0 radical (unpaired) electrons. The topological polar surface area (TPSA) is 74.3 Å².